The molecule has 0 amide bonds. The fourth-order valence-electron chi connectivity index (χ4n) is 1.25. The Morgan fingerprint density at radius 1 is 1.44 bits per heavy atom. The van der Waals surface area contributed by atoms with Gasteiger partial charge in [0.05, 0.1) is 6.61 Å². The molecule has 0 fully saturated rings. The minimum atomic E-state index is -4.78. The summed E-state index contributed by atoms with van der Waals surface area (Å²) in [5, 5.41) is 0. The van der Waals surface area contributed by atoms with Crippen molar-refractivity contribution in [2.75, 3.05) is 13.7 Å². The zero-order chi connectivity index (χ0) is 13.8. The molecule has 1 unspecified atom stereocenters. The van der Waals surface area contributed by atoms with Gasteiger partial charge in [-0.05, 0) is 12.1 Å². The topological polar surface area (TPSA) is 35.5 Å². The number of carbonyl (C=O) groups excluding carboxylic acids is 1. The molecular weight excluding hydrogens is 317 g/mol. The van der Waals surface area contributed by atoms with E-state index in [0.29, 0.717) is 0 Å². The number of ketones is 1. The summed E-state index contributed by atoms with van der Waals surface area (Å²) < 4.78 is 44.6. The van der Waals surface area contributed by atoms with Gasteiger partial charge in [-0.15, -0.1) is 13.2 Å². The molecule has 0 spiro atoms. The van der Waals surface area contributed by atoms with Crippen molar-refractivity contribution >= 4 is 21.7 Å². The van der Waals surface area contributed by atoms with Gasteiger partial charge in [-0.3, -0.25) is 4.79 Å². The van der Waals surface area contributed by atoms with E-state index < -0.39 is 16.9 Å². The van der Waals surface area contributed by atoms with Crippen LogP contribution < -0.4 is 4.74 Å². The van der Waals surface area contributed by atoms with Crippen LogP contribution in [0.5, 0.6) is 5.75 Å². The van der Waals surface area contributed by atoms with Crippen molar-refractivity contribution in [2.45, 2.75) is 11.2 Å². The van der Waals surface area contributed by atoms with Crippen molar-refractivity contribution in [2.24, 2.45) is 0 Å². The molecule has 0 aliphatic carbocycles. The Morgan fingerprint density at radius 2 is 2.11 bits per heavy atom. The molecule has 0 heterocycles. The maximum atomic E-state index is 12.0. The number of Topliss-reactive ketones (excluding diaryl/α,β-unsaturated/α-hetero) is 1. The summed E-state index contributed by atoms with van der Waals surface area (Å²) in [6.07, 6.45) is -4.78. The van der Waals surface area contributed by atoms with Gasteiger partial charge in [0.15, 0.2) is 5.78 Å². The molecule has 18 heavy (non-hydrogen) atoms. The number of ether oxygens (including phenoxy) is 2. The molecule has 3 nitrogen and oxygen atoms in total. The van der Waals surface area contributed by atoms with Crippen LogP contribution in [0.15, 0.2) is 24.3 Å². The molecule has 100 valence electrons. The van der Waals surface area contributed by atoms with Crippen molar-refractivity contribution in [3.8, 4) is 5.75 Å². The van der Waals surface area contributed by atoms with Crippen molar-refractivity contribution in [3.63, 3.8) is 0 Å². The molecule has 0 aliphatic heterocycles. The van der Waals surface area contributed by atoms with Gasteiger partial charge in [-0.1, -0.05) is 28.1 Å². The number of halogens is 4. The summed E-state index contributed by atoms with van der Waals surface area (Å²) in [6, 6.07) is 4.90. The Labute approximate surface area is 110 Å². The Bertz CT molecular complexity index is 420. The van der Waals surface area contributed by atoms with E-state index in [2.05, 4.69) is 20.7 Å². The third-order valence-corrected chi connectivity index (χ3v) is 2.63. The lowest BCUT2D eigenvalue weighted by Gasteiger charge is -2.11. The SMILES string of the molecule is COCC(Br)C(=O)c1cccc(OC(F)(F)F)c1. The van der Waals surface area contributed by atoms with Crippen LogP contribution in [0.3, 0.4) is 0 Å². The number of alkyl halides is 4. The molecule has 1 aromatic rings. The normalized spacial score (nSPS) is 13.2. The molecule has 0 saturated heterocycles. The van der Waals surface area contributed by atoms with Crippen molar-refractivity contribution in [3.05, 3.63) is 29.8 Å². The van der Waals surface area contributed by atoms with Gasteiger partial charge in [-0.2, -0.15) is 0 Å². The summed E-state index contributed by atoms with van der Waals surface area (Å²) >= 11 is 3.09. The van der Waals surface area contributed by atoms with Gasteiger partial charge in [0.2, 0.25) is 0 Å². The highest BCUT2D eigenvalue weighted by atomic mass is 79.9. The lowest BCUT2D eigenvalue weighted by Crippen LogP contribution is -2.20. The zero-order valence-corrected chi connectivity index (χ0v) is 10.9. The Hall–Kier alpha value is -1.08. The van der Waals surface area contributed by atoms with Crippen LogP contribution in [0.4, 0.5) is 13.2 Å². The van der Waals surface area contributed by atoms with E-state index in [9.17, 15) is 18.0 Å². The minimum Gasteiger partial charge on any atom is -0.406 e. The summed E-state index contributed by atoms with van der Waals surface area (Å²) in [4.78, 5) is 11.2. The Balaban J connectivity index is 2.85. The second-order valence-electron chi connectivity index (χ2n) is 3.36. The van der Waals surface area contributed by atoms with Gasteiger partial charge >= 0.3 is 6.36 Å². The summed E-state index contributed by atoms with van der Waals surface area (Å²) in [7, 11) is 1.42. The second kappa shape index (κ2) is 6.19. The van der Waals surface area contributed by atoms with Crippen molar-refractivity contribution < 1.29 is 27.4 Å². The standard InChI is InChI=1S/C11H10BrF3O3/c1-17-6-9(12)10(16)7-3-2-4-8(5-7)18-11(13,14)15/h2-5,9H,6H2,1H3. The first kappa shape index (κ1) is 15.0. The summed E-state index contributed by atoms with van der Waals surface area (Å²) in [6.45, 7) is 0.128. The van der Waals surface area contributed by atoms with E-state index in [1.54, 1.807) is 0 Å². The largest absolute Gasteiger partial charge is 0.573 e. The Kier molecular flexibility index (Phi) is 5.15. The van der Waals surface area contributed by atoms with Crippen LogP contribution in [0.1, 0.15) is 10.4 Å². The van der Waals surface area contributed by atoms with Crippen LogP contribution in [0.2, 0.25) is 0 Å². The number of rotatable bonds is 5. The third kappa shape index (κ3) is 4.66. The van der Waals surface area contributed by atoms with Gasteiger partial charge in [-0.25, -0.2) is 0 Å². The van der Waals surface area contributed by atoms with Crippen molar-refractivity contribution in [1.29, 1.82) is 0 Å². The van der Waals surface area contributed by atoms with Crippen LogP contribution in [-0.4, -0.2) is 30.7 Å². The van der Waals surface area contributed by atoms with E-state index in [0.717, 1.165) is 12.1 Å². The molecule has 0 saturated carbocycles. The lowest BCUT2D eigenvalue weighted by atomic mass is 10.1. The molecule has 7 heteroatoms. The summed E-state index contributed by atoms with van der Waals surface area (Å²) in [5.41, 5.74) is 0.121. The first-order chi connectivity index (χ1) is 8.33. The van der Waals surface area contributed by atoms with E-state index in [-0.39, 0.29) is 18.0 Å². The van der Waals surface area contributed by atoms with Gasteiger partial charge in [0.1, 0.15) is 10.6 Å². The van der Waals surface area contributed by atoms with Crippen LogP contribution in [0.25, 0.3) is 0 Å². The fourth-order valence-corrected chi connectivity index (χ4v) is 1.78. The average Bonchev–Trinajstić information content (AvgIpc) is 2.26. The second-order valence-corrected chi connectivity index (χ2v) is 4.47. The number of hydrogen-bond acceptors (Lipinski definition) is 3. The molecule has 0 N–H and O–H groups in total. The van der Waals surface area contributed by atoms with Gasteiger partial charge < -0.3 is 9.47 Å². The molecule has 0 aromatic heterocycles. The predicted octanol–water partition coefficient (Wildman–Crippen LogP) is 3.18. The minimum absolute atomic E-state index is 0.121. The van der Waals surface area contributed by atoms with E-state index in [1.165, 1.54) is 19.2 Å². The first-order valence-corrected chi connectivity index (χ1v) is 5.78. The third-order valence-electron chi connectivity index (χ3n) is 1.95. The van der Waals surface area contributed by atoms with Crippen LogP contribution in [-0.2, 0) is 4.74 Å². The van der Waals surface area contributed by atoms with Gasteiger partial charge in [0.25, 0.3) is 0 Å². The zero-order valence-electron chi connectivity index (χ0n) is 9.33. The highest BCUT2D eigenvalue weighted by Crippen LogP contribution is 2.24. The maximum absolute atomic E-state index is 12.0. The average molecular weight is 327 g/mol. The molecule has 0 bridgehead atoms. The van der Waals surface area contributed by atoms with E-state index in [1.807, 2.05) is 0 Å². The lowest BCUT2D eigenvalue weighted by molar-refractivity contribution is -0.274. The van der Waals surface area contributed by atoms with E-state index in [4.69, 9.17) is 4.74 Å². The highest BCUT2D eigenvalue weighted by molar-refractivity contribution is 9.10. The number of carbonyl (C=O) groups is 1. The smallest absolute Gasteiger partial charge is 0.406 e. The number of hydrogen-bond donors (Lipinski definition) is 0. The summed E-state index contributed by atoms with van der Waals surface area (Å²) in [5.74, 6) is -0.796. The van der Waals surface area contributed by atoms with Crippen LogP contribution in [0, 0.1) is 0 Å². The Morgan fingerprint density at radius 3 is 2.67 bits per heavy atom. The predicted molar refractivity (Wildman–Crippen MR) is 62.0 cm³/mol. The molecule has 1 aromatic carbocycles. The van der Waals surface area contributed by atoms with Crippen LogP contribution >= 0.6 is 15.9 Å². The number of methoxy groups -OCH3 is 1. The van der Waals surface area contributed by atoms with Gasteiger partial charge in [0, 0.05) is 12.7 Å². The van der Waals surface area contributed by atoms with E-state index >= 15 is 0 Å². The first-order valence-electron chi connectivity index (χ1n) is 4.86. The molecule has 1 rings (SSSR count). The molecule has 1 atom stereocenters. The fraction of sp³-hybridized carbons (Fsp3) is 0.364. The quantitative estimate of drug-likeness (QED) is 0.616. The molecule has 0 radical (unpaired) electrons. The maximum Gasteiger partial charge on any atom is 0.573 e. The van der Waals surface area contributed by atoms with Crippen molar-refractivity contribution in [1.82, 2.24) is 0 Å². The monoisotopic (exact) mass is 326 g/mol. The number of benzene rings is 1. The highest BCUT2D eigenvalue weighted by Gasteiger charge is 2.31. The molecule has 0 aliphatic rings. The molecular formula is C11H10BrF3O3.